The first-order valence-electron chi connectivity index (χ1n) is 10.5. The zero-order valence-corrected chi connectivity index (χ0v) is 16.9. The van der Waals surface area contributed by atoms with Crippen molar-refractivity contribution in [3.63, 3.8) is 0 Å². The average Bonchev–Trinajstić information content (AvgIpc) is 2.74. The number of hydrogen-bond acceptors (Lipinski definition) is 3. The summed E-state index contributed by atoms with van der Waals surface area (Å²) in [6.45, 7) is 3.72. The van der Waals surface area contributed by atoms with Gasteiger partial charge in [0.25, 0.3) is 5.91 Å². The minimum atomic E-state index is -0.644. The molecule has 0 saturated heterocycles. The van der Waals surface area contributed by atoms with Crippen molar-refractivity contribution in [1.82, 2.24) is 10.6 Å². The fraction of sp³-hybridized carbons (Fsp3) is 0.591. The van der Waals surface area contributed by atoms with Crippen LogP contribution in [0, 0.1) is 5.92 Å². The first kappa shape index (κ1) is 20.4. The largest absolute Gasteiger partial charge is 0.352 e. The van der Waals surface area contributed by atoms with E-state index >= 15 is 0 Å². The lowest BCUT2D eigenvalue weighted by molar-refractivity contribution is -0.125. The highest BCUT2D eigenvalue weighted by Crippen LogP contribution is 2.26. The second kappa shape index (κ2) is 9.22. The molecule has 3 amide bonds. The summed E-state index contributed by atoms with van der Waals surface area (Å²) < 4.78 is 0. The van der Waals surface area contributed by atoms with Crippen LogP contribution in [0.15, 0.2) is 24.3 Å². The number of nitrogens with one attached hydrogen (secondary N) is 2. The van der Waals surface area contributed by atoms with Gasteiger partial charge in [0.2, 0.25) is 11.8 Å². The van der Waals surface area contributed by atoms with E-state index in [0.29, 0.717) is 11.3 Å². The van der Waals surface area contributed by atoms with E-state index in [1.54, 1.807) is 24.3 Å². The molecule has 152 valence electrons. The van der Waals surface area contributed by atoms with Crippen LogP contribution in [0.1, 0.15) is 69.2 Å². The van der Waals surface area contributed by atoms with Crippen LogP contribution in [0.2, 0.25) is 0 Å². The third-order valence-electron chi connectivity index (χ3n) is 5.70. The standard InChI is InChI=1S/C22H31N3O3/c1-15(2)20-22(28)25(18-13-9-8-12-17(18)21(27)24-20)14-19(26)23-16-10-6-4-3-5-7-11-16/h8-9,12-13,15-16,20H,3-7,10-11,14H2,1-2H3,(H,23,26)(H,24,27)/t20-/m0/s1. The third-order valence-corrected chi connectivity index (χ3v) is 5.70. The Labute approximate surface area is 167 Å². The van der Waals surface area contributed by atoms with Crippen LogP contribution >= 0.6 is 0 Å². The van der Waals surface area contributed by atoms with Gasteiger partial charge < -0.3 is 15.5 Å². The van der Waals surface area contributed by atoms with E-state index in [4.69, 9.17) is 0 Å². The molecule has 1 aromatic rings. The molecule has 0 unspecified atom stereocenters. The van der Waals surface area contributed by atoms with Crippen LogP contribution < -0.4 is 15.5 Å². The second-order valence-electron chi connectivity index (χ2n) is 8.25. The van der Waals surface area contributed by atoms with Gasteiger partial charge in [-0.3, -0.25) is 14.4 Å². The van der Waals surface area contributed by atoms with Gasteiger partial charge in [0.1, 0.15) is 12.6 Å². The molecule has 0 radical (unpaired) electrons. The number of amides is 3. The van der Waals surface area contributed by atoms with Crippen molar-refractivity contribution < 1.29 is 14.4 Å². The molecule has 3 rings (SSSR count). The van der Waals surface area contributed by atoms with Crippen LogP contribution in [0.5, 0.6) is 0 Å². The number of carbonyl (C=O) groups is 3. The number of anilines is 1. The summed E-state index contributed by atoms with van der Waals surface area (Å²) in [5, 5.41) is 5.95. The van der Waals surface area contributed by atoms with Crippen molar-refractivity contribution in [2.75, 3.05) is 11.4 Å². The van der Waals surface area contributed by atoms with Gasteiger partial charge in [-0.15, -0.1) is 0 Å². The van der Waals surface area contributed by atoms with Gasteiger partial charge in [-0.2, -0.15) is 0 Å². The highest BCUT2D eigenvalue weighted by molar-refractivity contribution is 6.12. The first-order valence-corrected chi connectivity index (χ1v) is 10.5. The predicted octanol–water partition coefficient (Wildman–Crippen LogP) is 3.02. The summed E-state index contributed by atoms with van der Waals surface area (Å²) >= 11 is 0. The summed E-state index contributed by atoms with van der Waals surface area (Å²) in [6, 6.07) is 6.51. The first-order chi connectivity index (χ1) is 13.5. The van der Waals surface area contributed by atoms with Crippen molar-refractivity contribution in [3.8, 4) is 0 Å². The van der Waals surface area contributed by atoms with Gasteiger partial charge in [-0.25, -0.2) is 0 Å². The van der Waals surface area contributed by atoms with Crippen molar-refractivity contribution >= 4 is 23.4 Å². The molecule has 28 heavy (non-hydrogen) atoms. The topological polar surface area (TPSA) is 78.5 Å². The molecule has 1 aromatic carbocycles. The maximum Gasteiger partial charge on any atom is 0.254 e. The van der Waals surface area contributed by atoms with Gasteiger partial charge in [0.05, 0.1) is 11.3 Å². The lowest BCUT2D eigenvalue weighted by Crippen LogP contribution is -2.51. The fourth-order valence-corrected chi connectivity index (χ4v) is 4.10. The summed E-state index contributed by atoms with van der Waals surface area (Å²) in [5.41, 5.74) is 0.929. The molecule has 6 nitrogen and oxygen atoms in total. The van der Waals surface area contributed by atoms with Crippen LogP contribution in [0.4, 0.5) is 5.69 Å². The van der Waals surface area contributed by atoms with E-state index in [-0.39, 0.29) is 36.2 Å². The molecular formula is C22H31N3O3. The molecule has 0 bridgehead atoms. The molecular weight excluding hydrogens is 354 g/mol. The van der Waals surface area contributed by atoms with Crippen molar-refractivity contribution in [2.45, 2.75) is 70.9 Å². The molecule has 1 aliphatic heterocycles. The molecule has 0 aromatic heterocycles. The summed E-state index contributed by atoms with van der Waals surface area (Å²) in [7, 11) is 0. The van der Waals surface area contributed by atoms with E-state index in [0.717, 1.165) is 25.7 Å². The Morgan fingerprint density at radius 2 is 1.75 bits per heavy atom. The highest BCUT2D eigenvalue weighted by Gasteiger charge is 2.36. The quantitative estimate of drug-likeness (QED) is 0.836. The predicted molar refractivity (Wildman–Crippen MR) is 109 cm³/mol. The van der Waals surface area contributed by atoms with E-state index in [1.165, 1.54) is 24.2 Å². The number of nitrogens with zero attached hydrogens (tertiary/aromatic N) is 1. The lowest BCUT2D eigenvalue weighted by atomic mass is 9.97. The van der Waals surface area contributed by atoms with Gasteiger partial charge >= 0.3 is 0 Å². The fourth-order valence-electron chi connectivity index (χ4n) is 4.10. The number of hydrogen-bond donors (Lipinski definition) is 2. The molecule has 6 heteroatoms. The zero-order chi connectivity index (χ0) is 20.1. The van der Waals surface area contributed by atoms with E-state index in [9.17, 15) is 14.4 Å². The maximum absolute atomic E-state index is 13.2. The smallest absolute Gasteiger partial charge is 0.254 e. The Hall–Kier alpha value is -2.37. The van der Waals surface area contributed by atoms with Crippen molar-refractivity contribution in [1.29, 1.82) is 0 Å². The van der Waals surface area contributed by atoms with Gasteiger partial charge in [-0.05, 0) is 30.9 Å². The highest BCUT2D eigenvalue weighted by atomic mass is 16.2. The number of benzene rings is 1. The molecule has 1 aliphatic carbocycles. The number of carbonyl (C=O) groups excluding carboxylic acids is 3. The number of para-hydroxylation sites is 1. The van der Waals surface area contributed by atoms with Crippen LogP contribution in [0.25, 0.3) is 0 Å². The van der Waals surface area contributed by atoms with E-state index in [1.807, 2.05) is 13.8 Å². The Morgan fingerprint density at radius 3 is 2.43 bits per heavy atom. The summed E-state index contributed by atoms with van der Waals surface area (Å²) in [5.74, 6) is -0.737. The average molecular weight is 386 g/mol. The van der Waals surface area contributed by atoms with E-state index in [2.05, 4.69) is 10.6 Å². The molecule has 1 saturated carbocycles. The Bertz CT molecular complexity index is 723. The molecule has 0 spiro atoms. The molecule has 1 atom stereocenters. The molecule has 1 heterocycles. The van der Waals surface area contributed by atoms with Gasteiger partial charge in [0.15, 0.2) is 0 Å². The third kappa shape index (κ3) is 4.72. The summed E-state index contributed by atoms with van der Waals surface area (Å²) in [4.78, 5) is 40.0. The minimum Gasteiger partial charge on any atom is -0.352 e. The summed E-state index contributed by atoms with van der Waals surface area (Å²) in [6.07, 6.45) is 7.95. The Morgan fingerprint density at radius 1 is 1.11 bits per heavy atom. The van der Waals surface area contributed by atoms with Crippen LogP contribution in [-0.4, -0.2) is 36.3 Å². The monoisotopic (exact) mass is 385 g/mol. The molecule has 2 aliphatic rings. The van der Waals surface area contributed by atoms with E-state index < -0.39 is 6.04 Å². The molecule has 2 N–H and O–H groups in total. The Balaban J connectivity index is 1.78. The number of fused-ring (bicyclic) bond motifs is 1. The second-order valence-corrected chi connectivity index (χ2v) is 8.25. The zero-order valence-electron chi connectivity index (χ0n) is 16.9. The Kier molecular flexibility index (Phi) is 6.70. The van der Waals surface area contributed by atoms with Crippen molar-refractivity contribution in [2.24, 2.45) is 5.92 Å². The minimum absolute atomic E-state index is 0.0650. The number of rotatable bonds is 4. The van der Waals surface area contributed by atoms with Crippen LogP contribution in [-0.2, 0) is 9.59 Å². The van der Waals surface area contributed by atoms with Gasteiger partial charge in [0, 0.05) is 6.04 Å². The van der Waals surface area contributed by atoms with Crippen LogP contribution in [0.3, 0.4) is 0 Å². The normalized spacial score (nSPS) is 21.4. The molecule has 1 fully saturated rings. The van der Waals surface area contributed by atoms with Crippen molar-refractivity contribution in [3.05, 3.63) is 29.8 Å². The lowest BCUT2D eigenvalue weighted by Gasteiger charge is -2.28. The maximum atomic E-state index is 13.2. The SMILES string of the molecule is CC(C)[C@@H]1NC(=O)c2ccccc2N(CC(=O)NC2CCCCCCC2)C1=O. The van der Waals surface area contributed by atoms with Gasteiger partial charge in [-0.1, -0.05) is 58.1 Å².